The lowest BCUT2D eigenvalue weighted by Gasteiger charge is -2.19. The Kier molecular flexibility index (Phi) is 9.55. The summed E-state index contributed by atoms with van der Waals surface area (Å²) in [5.74, 6) is 0. The standard InChI is InChI=1S/C10H13NOS.C10H9NOS.C9H6BrN/c2*1-13(12)10-6-2-5-9-8(10)4-3-7-11-9;10-8-4-1-5-9-7(8)3-2-6-11-9/h2,5-6,11H,3-4,7H2,1H3;2-7H,1H3;1-6H. The Morgan fingerprint density at radius 3 is 2.00 bits per heavy atom. The summed E-state index contributed by atoms with van der Waals surface area (Å²) in [7, 11) is -1.80. The molecule has 3 heterocycles. The van der Waals surface area contributed by atoms with E-state index in [2.05, 4.69) is 37.3 Å². The van der Waals surface area contributed by atoms with Crippen LogP contribution in [0.4, 0.5) is 5.69 Å². The van der Waals surface area contributed by atoms with Crippen LogP contribution in [0, 0.1) is 0 Å². The maximum Gasteiger partial charge on any atom is 0.0714 e. The summed E-state index contributed by atoms with van der Waals surface area (Å²) in [6, 6.07) is 25.5. The third kappa shape index (κ3) is 6.89. The van der Waals surface area contributed by atoms with Crippen LogP contribution < -0.4 is 5.32 Å². The van der Waals surface area contributed by atoms with Gasteiger partial charge in [0.05, 0.1) is 32.6 Å². The number of halogens is 1. The Morgan fingerprint density at radius 1 is 0.730 bits per heavy atom. The fourth-order valence-corrected chi connectivity index (χ4v) is 6.21. The minimum Gasteiger partial charge on any atom is -0.385 e. The van der Waals surface area contributed by atoms with Gasteiger partial charge in [0.1, 0.15) is 0 Å². The second kappa shape index (κ2) is 13.0. The Morgan fingerprint density at radius 2 is 1.32 bits per heavy atom. The van der Waals surface area contributed by atoms with E-state index in [4.69, 9.17) is 0 Å². The van der Waals surface area contributed by atoms with E-state index in [0.29, 0.717) is 0 Å². The van der Waals surface area contributed by atoms with Gasteiger partial charge in [-0.15, -0.1) is 0 Å². The fourth-order valence-electron chi connectivity index (χ4n) is 4.14. The van der Waals surface area contributed by atoms with Gasteiger partial charge in [0, 0.05) is 62.2 Å². The van der Waals surface area contributed by atoms with E-state index < -0.39 is 21.6 Å². The minimum atomic E-state index is -0.944. The summed E-state index contributed by atoms with van der Waals surface area (Å²) in [4.78, 5) is 10.2. The number of nitrogens with zero attached hydrogens (tertiary/aromatic N) is 2. The molecule has 5 nitrogen and oxygen atoms in total. The number of rotatable bonds is 2. The first kappa shape index (κ1) is 27.1. The van der Waals surface area contributed by atoms with Gasteiger partial charge in [0.2, 0.25) is 0 Å². The minimum absolute atomic E-state index is 0.852. The summed E-state index contributed by atoms with van der Waals surface area (Å²) in [6.07, 6.45) is 9.16. The molecule has 5 aromatic rings. The molecule has 3 aromatic carbocycles. The van der Waals surface area contributed by atoms with Gasteiger partial charge in [0.15, 0.2) is 0 Å². The highest BCUT2D eigenvalue weighted by atomic mass is 79.9. The molecule has 0 saturated carbocycles. The first-order valence-corrected chi connectivity index (χ1v) is 15.7. The highest BCUT2D eigenvalue weighted by molar-refractivity contribution is 9.10. The quantitative estimate of drug-likeness (QED) is 0.245. The van der Waals surface area contributed by atoms with E-state index in [-0.39, 0.29) is 0 Å². The van der Waals surface area contributed by atoms with E-state index >= 15 is 0 Å². The van der Waals surface area contributed by atoms with Crippen LogP contribution in [0.15, 0.2) is 106 Å². The Hall–Kier alpha value is -2.94. The van der Waals surface area contributed by atoms with Crippen LogP contribution in [0.25, 0.3) is 21.8 Å². The SMILES string of the molecule is Brc1cccc2ncccc12.CS(=O)c1cccc2c1CCCN2.CS(=O)c1cccc2ncccc12. The second-order valence-electron chi connectivity index (χ2n) is 8.36. The molecule has 0 bridgehead atoms. The summed E-state index contributed by atoms with van der Waals surface area (Å²) in [6.45, 7) is 1.03. The number of pyridine rings is 2. The molecule has 0 fully saturated rings. The molecule has 2 atom stereocenters. The smallest absolute Gasteiger partial charge is 0.0714 e. The molecule has 2 aromatic heterocycles. The number of hydrogen-bond acceptors (Lipinski definition) is 5. The average Bonchev–Trinajstić information content (AvgIpc) is 2.93. The zero-order valence-corrected chi connectivity index (χ0v) is 23.9. The van der Waals surface area contributed by atoms with Crippen molar-refractivity contribution >= 4 is 65.0 Å². The van der Waals surface area contributed by atoms with Crippen molar-refractivity contribution in [3.8, 4) is 0 Å². The maximum absolute atomic E-state index is 11.4. The number of hydrogen-bond donors (Lipinski definition) is 1. The lowest BCUT2D eigenvalue weighted by atomic mass is 10.0. The van der Waals surface area contributed by atoms with Gasteiger partial charge in [-0.2, -0.15) is 0 Å². The van der Waals surface area contributed by atoms with Crippen LogP contribution in [0.1, 0.15) is 12.0 Å². The van der Waals surface area contributed by atoms with Gasteiger partial charge in [-0.05, 0) is 66.9 Å². The lowest BCUT2D eigenvalue weighted by Crippen LogP contribution is -2.13. The predicted molar refractivity (Wildman–Crippen MR) is 159 cm³/mol. The lowest BCUT2D eigenvalue weighted by molar-refractivity contribution is 0.684. The fraction of sp³-hybridized carbons (Fsp3) is 0.172. The predicted octanol–water partition coefficient (Wildman–Crippen LogP) is 6.75. The number of anilines is 1. The van der Waals surface area contributed by atoms with E-state index in [0.717, 1.165) is 55.5 Å². The molecule has 1 N–H and O–H groups in total. The first-order chi connectivity index (χ1) is 18.0. The molecule has 6 rings (SSSR count). The molecule has 1 aliphatic heterocycles. The Bertz CT molecular complexity index is 1570. The van der Waals surface area contributed by atoms with Crippen molar-refractivity contribution in [2.75, 3.05) is 24.4 Å². The van der Waals surface area contributed by atoms with Crippen LogP contribution in [-0.2, 0) is 28.0 Å². The normalized spacial score (nSPS) is 13.7. The highest BCUT2D eigenvalue weighted by Crippen LogP contribution is 2.27. The first-order valence-electron chi connectivity index (χ1n) is 11.8. The van der Waals surface area contributed by atoms with Crippen LogP contribution in [0.3, 0.4) is 0 Å². The number of aromatic nitrogens is 2. The zero-order chi connectivity index (χ0) is 26.2. The van der Waals surface area contributed by atoms with Gasteiger partial charge >= 0.3 is 0 Å². The Balaban J connectivity index is 0.000000130. The van der Waals surface area contributed by atoms with E-state index in [1.54, 1.807) is 24.9 Å². The average molecular weight is 595 g/mol. The summed E-state index contributed by atoms with van der Waals surface area (Å²) in [5, 5.41) is 5.46. The van der Waals surface area contributed by atoms with Crippen molar-refractivity contribution in [1.82, 2.24) is 9.97 Å². The third-order valence-electron chi connectivity index (χ3n) is 5.87. The maximum atomic E-state index is 11.4. The molecule has 0 amide bonds. The van der Waals surface area contributed by atoms with Crippen LogP contribution in [0.5, 0.6) is 0 Å². The monoisotopic (exact) mass is 593 g/mol. The molecular formula is C29H28BrN3O2S2. The summed E-state index contributed by atoms with van der Waals surface area (Å²) >= 11 is 3.46. The third-order valence-corrected chi connectivity index (χ3v) is 8.54. The topological polar surface area (TPSA) is 72.0 Å². The van der Waals surface area contributed by atoms with Crippen molar-refractivity contribution in [1.29, 1.82) is 0 Å². The summed E-state index contributed by atoms with van der Waals surface area (Å²) < 4.78 is 23.8. The van der Waals surface area contributed by atoms with Gasteiger partial charge < -0.3 is 5.32 Å². The van der Waals surface area contributed by atoms with Crippen molar-refractivity contribution in [3.05, 3.63) is 101 Å². The summed E-state index contributed by atoms with van der Waals surface area (Å²) in [5.41, 5.74) is 4.34. The number of nitrogens with one attached hydrogen (secondary N) is 1. The molecule has 1 aliphatic rings. The molecule has 0 saturated heterocycles. The number of benzene rings is 3. The molecule has 8 heteroatoms. The molecule has 190 valence electrons. The van der Waals surface area contributed by atoms with Crippen LogP contribution >= 0.6 is 15.9 Å². The second-order valence-corrected chi connectivity index (χ2v) is 11.9. The van der Waals surface area contributed by atoms with Crippen molar-refractivity contribution in [3.63, 3.8) is 0 Å². The molecular weight excluding hydrogens is 566 g/mol. The van der Waals surface area contributed by atoms with E-state index in [1.807, 2.05) is 72.8 Å². The molecule has 37 heavy (non-hydrogen) atoms. The van der Waals surface area contributed by atoms with Crippen LogP contribution in [0.2, 0.25) is 0 Å². The Labute approximate surface area is 230 Å². The molecule has 2 unspecified atom stereocenters. The van der Waals surface area contributed by atoms with Crippen LogP contribution in [-0.4, -0.2) is 37.4 Å². The largest absolute Gasteiger partial charge is 0.385 e. The van der Waals surface area contributed by atoms with Crippen molar-refractivity contribution in [2.24, 2.45) is 0 Å². The molecule has 0 spiro atoms. The zero-order valence-electron chi connectivity index (χ0n) is 20.7. The molecule has 0 radical (unpaired) electrons. The van der Waals surface area contributed by atoms with E-state index in [9.17, 15) is 8.42 Å². The van der Waals surface area contributed by atoms with E-state index in [1.165, 1.54) is 11.3 Å². The van der Waals surface area contributed by atoms with Gasteiger partial charge in [-0.25, -0.2) is 0 Å². The molecule has 0 aliphatic carbocycles. The number of fused-ring (bicyclic) bond motifs is 3. The van der Waals surface area contributed by atoms with Gasteiger partial charge in [-0.3, -0.25) is 18.4 Å². The van der Waals surface area contributed by atoms with Gasteiger partial charge in [-0.1, -0.05) is 46.3 Å². The van der Waals surface area contributed by atoms with Gasteiger partial charge in [0.25, 0.3) is 0 Å². The van der Waals surface area contributed by atoms with Crippen molar-refractivity contribution < 1.29 is 8.42 Å². The highest BCUT2D eigenvalue weighted by Gasteiger charge is 2.13. The van der Waals surface area contributed by atoms with Crippen molar-refractivity contribution in [2.45, 2.75) is 22.6 Å².